The monoisotopic (exact) mass is 247 g/mol. The Kier molecular flexibility index (Phi) is 4.30. The molecule has 2 N–H and O–H groups in total. The lowest BCUT2D eigenvalue weighted by atomic mass is 10.1. The zero-order valence-corrected chi connectivity index (χ0v) is 10.4. The van der Waals surface area contributed by atoms with Gasteiger partial charge in [-0.2, -0.15) is 0 Å². The molecule has 2 rings (SSSR count). The molecule has 1 aliphatic heterocycles. The number of aryl methyl sites for hydroxylation is 1. The molecular weight excluding hydrogens is 230 g/mol. The summed E-state index contributed by atoms with van der Waals surface area (Å²) in [5, 5.41) is 5.40. The zero-order valence-electron chi connectivity index (χ0n) is 10.4. The van der Waals surface area contributed by atoms with Gasteiger partial charge in [0, 0.05) is 12.4 Å². The predicted molar refractivity (Wildman–Crippen MR) is 69.3 cm³/mol. The van der Waals surface area contributed by atoms with E-state index in [0.717, 1.165) is 31.6 Å². The summed E-state index contributed by atoms with van der Waals surface area (Å²) in [6.07, 6.45) is 5.18. The third kappa shape index (κ3) is 3.85. The number of rotatable bonds is 2. The van der Waals surface area contributed by atoms with Gasteiger partial charge in [-0.05, 0) is 43.0 Å². The fourth-order valence-corrected chi connectivity index (χ4v) is 1.70. The number of amides is 2. The molecule has 1 aliphatic rings. The molecule has 0 aliphatic carbocycles. The molecule has 0 spiro atoms. The number of carbonyl (C=O) groups is 1. The van der Waals surface area contributed by atoms with Crippen LogP contribution in [-0.2, 0) is 4.74 Å². The number of nitrogens with zero attached hydrogens (tertiary/aromatic N) is 1. The van der Waals surface area contributed by atoms with Gasteiger partial charge in [-0.15, -0.1) is 0 Å². The van der Waals surface area contributed by atoms with Crippen LogP contribution in [0.3, 0.4) is 0 Å². The van der Waals surface area contributed by atoms with Crippen LogP contribution in [0.15, 0.2) is 30.1 Å². The number of carbonyl (C=O) groups excluding carboxylic acids is 1. The number of hydrogen-bond donors (Lipinski definition) is 2. The third-order valence-electron chi connectivity index (χ3n) is 2.70. The van der Waals surface area contributed by atoms with Crippen molar-refractivity contribution in [3.8, 4) is 0 Å². The van der Waals surface area contributed by atoms with E-state index in [1.807, 2.05) is 19.1 Å². The van der Waals surface area contributed by atoms with Crippen LogP contribution in [0.2, 0.25) is 0 Å². The summed E-state index contributed by atoms with van der Waals surface area (Å²) in [4.78, 5) is 15.7. The summed E-state index contributed by atoms with van der Waals surface area (Å²) in [5.74, 6) is 0.554. The summed E-state index contributed by atoms with van der Waals surface area (Å²) in [6, 6.07) is 3.43. The molecule has 96 valence electrons. The van der Waals surface area contributed by atoms with Gasteiger partial charge < -0.3 is 10.1 Å². The van der Waals surface area contributed by atoms with E-state index in [9.17, 15) is 4.79 Å². The van der Waals surface area contributed by atoms with E-state index in [0.29, 0.717) is 5.82 Å². The van der Waals surface area contributed by atoms with E-state index >= 15 is 0 Å². The molecule has 5 nitrogen and oxygen atoms in total. The van der Waals surface area contributed by atoms with Crippen molar-refractivity contribution in [1.29, 1.82) is 0 Å². The maximum Gasteiger partial charge on any atom is 0.324 e. The Morgan fingerprint density at radius 1 is 1.44 bits per heavy atom. The highest BCUT2D eigenvalue weighted by Gasteiger charge is 2.06. The molecule has 0 aromatic carbocycles. The van der Waals surface area contributed by atoms with E-state index in [-0.39, 0.29) is 6.03 Å². The van der Waals surface area contributed by atoms with Crippen LogP contribution >= 0.6 is 0 Å². The Morgan fingerprint density at radius 2 is 2.22 bits per heavy atom. The topological polar surface area (TPSA) is 63.2 Å². The van der Waals surface area contributed by atoms with Crippen molar-refractivity contribution in [3.63, 3.8) is 0 Å². The van der Waals surface area contributed by atoms with E-state index in [2.05, 4.69) is 15.6 Å². The molecule has 0 bridgehead atoms. The maximum atomic E-state index is 11.6. The molecule has 2 amide bonds. The van der Waals surface area contributed by atoms with Crippen LogP contribution in [0.1, 0.15) is 18.4 Å². The molecule has 1 saturated heterocycles. The first-order valence-electron chi connectivity index (χ1n) is 6.00. The lowest BCUT2D eigenvalue weighted by molar-refractivity contribution is 0.119. The average molecular weight is 247 g/mol. The van der Waals surface area contributed by atoms with Crippen molar-refractivity contribution in [2.24, 2.45) is 0 Å². The second-order valence-corrected chi connectivity index (χ2v) is 4.23. The highest BCUT2D eigenvalue weighted by Crippen LogP contribution is 2.11. The molecule has 1 aromatic heterocycles. The molecular formula is C13H17N3O2. The standard InChI is InChI=1S/C13H17N3O2/c1-10-2-5-14-12(8-10)16-13(17)15-9-11-3-6-18-7-4-11/h2,5,8-9H,3-4,6-7H2,1H3,(H2,14,15,16,17). The molecule has 0 unspecified atom stereocenters. The number of ether oxygens (including phenoxy) is 1. The van der Waals surface area contributed by atoms with Crippen LogP contribution in [0.25, 0.3) is 0 Å². The number of urea groups is 1. The fourth-order valence-electron chi connectivity index (χ4n) is 1.70. The lowest BCUT2D eigenvalue weighted by Gasteiger charge is -2.14. The van der Waals surface area contributed by atoms with Crippen molar-refractivity contribution < 1.29 is 9.53 Å². The van der Waals surface area contributed by atoms with Crippen LogP contribution < -0.4 is 10.6 Å². The lowest BCUT2D eigenvalue weighted by Crippen LogP contribution is -2.25. The Morgan fingerprint density at radius 3 is 2.94 bits per heavy atom. The van der Waals surface area contributed by atoms with Gasteiger partial charge in [0.1, 0.15) is 5.82 Å². The second kappa shape index (κ2) is 6.16. The normalized spacial score (nSPS) is 15.1. The van der Waals surface area contributed by atoms with Gasteiger partial charge in [0.15, 0.2) is 0 Å². The number of nitrogens with one attached hydrogen (secondary N) is 2. The summed E-state index contributed by atoms with van der Waals surface area (Å²) >= 11 is 0. The minimum absolute atomic E-state index is 0.271. The van der Waals surface area contributed by atoms with Gasteiger partial charge >= 0.3 is 6.03 Å². The Bertz CT molecular complexity index is 449. The van der Waals surface area contributed by atoms with Gasteiger partial charge in [0.2, 0.25) is 0 Å². The average Bonchev–Trinajstić information content (AvgIpc) is 2.38. The van der Waals surface area contributed by atoms with E-state index in [4.69, 9.17) is 4.74 Å². The molecule has 18 heavy (non-hydrogen) atoms. The smallest absolute Gasteiger partial charge is 0.324 e. The molecule has 5 heteroatoms. The summed E-state index contributed by atoms with van der Waals surface area (Å²) in [7, 11) is 0. The first-order chi connectivity index (χ1) is 8.74. The van der Waals surface area contributed by atoms with Crippen LogP contribution in [0, 0.1) is 6.92 Å². The van der Waals surface area contributed by atoms with Gasteiger partial charge in [0.05, 0.1) is 13.2 Å². The Balaban J connectivity index is 1.85. The quantitative estimate of drug-likeness (QED) is 0.842. The van der Waals surface area contributed by atoms with Gasteiger partial charge in [-0.3, -0.25) is 5.32 Å². The summed E-state index contributed by atoms with van der Waals surface area (Å²) < 4.78 is 5.24. The number of pyridine rings is 1. The van der Waals surface area contributed by atoms with Crippen LogP contribution in [-0.4, -0.2) is 24.2 Å². The van der Waals surface area contributed by atoms with Gasteiger partial charge in [0.25, 0.3) is 0 Å². The summed E-state index contributed by atoms with van der Waals surface area (Å²) in [5.41, 5.74) is 2.26. The van der Waals surface area contributed by atoms with Crippen molar-refractivity contribution in [2.75, 3.05) is 18.5 Å². The second-order valence-electron chi connectivity index (χ2n) is 4.23. The minimum atomic E-state index is -0.271. The highest BCUT2D eigenvalue weighted by molar-refractivity contribution is 5.88. The first kappa shape index (κ1) is 12.6. The molecule has 0 radical (unpaired) electrons. The van der Waals surface area contributed by atoms with Gasteiger partial charge in [-0.25, -0.2) is 9.78 Å². The van der Waals surface area contributed by atoms with Crippen molar-refractivity contribution >= 4 is 11.8 Å². The minimum Gasteiger partial charge on any atom is -0.381 e. The number of hydrogen-bond acceptors (Lipinski definition) is 3. The van der Waals surface area contributed by atoms with E-state index in [1.165, 1.54) is 5.57 Å². The molecule has 1 aromatic rings. The molecule has 1 fully saturated rings. The van der Waals surface area contributed by atoms with E-state index < -0.39 is 0 Å². The summed E-state index contributed by atoms with van der Waals surface area (Å²) in [6.45, 7) is 3.41. The highest BCUT2D eigenvalue weighted by atomic mass is 16.5. The number of aromatic nitrogens is 1. The molecule has 2 heterocycles. The van der Waals surface area contributed by atoms with Crippen LogP contribution in [0.5, 0.6) is 0 Å². The number of anilines is 1. The molecule has 0 saturated carbocycles. The van der Waals surface area contributed by atoms with E-state index in [1.54, 1.807) is 12.4 Å². The Hall–Kier alpha value is -1.88. The predicted octanol–water partition coefficient (Wildman–Crippen LogP) is 2.21. The fraction of sp³-hybridized carbons (Fsp3) is 0.385. The third-order valence-corrected chi connectivity index (χ3v) is 2.70. The maximum absolute atomic E-state index is 11.6. The van der Waals surface area contributed by atoms with Crippen molar-refractivity contribution in [1.82, 2.24) is 10.3 Å². The van der Waals surface area contributed by atoms with Crippen molar-refractivity contribution in [2.45, 2.75) is 19.8 Å². The largest absolute Gasteiger partial charge is 0.381 e. The van der Waals surface area contributed by atoms with Crippen LogP contribution in [0.4, 0.5) is 10.6 Å². The SMILES string of the molecule is Cc1ccnc(NC(=O)NC=C2CCOCC2)c1. The first-order valence-corrected chi connectivity index (χ1v) is 6.00. The van der Waals surface area contributed by atoms with Gasteiger partial charge in [-0.1, -0.05) is 0 Å². The zero-order chi connectivity index (χ0) is 12.8. The molecule has 0 atom stereocenters. The Labute approximate surface area is 106 Å². The van der Waals surface area contributed by atoms with Crippen molar-refractivity contribution in [3.05, 3.63) is 35.7 Å².